The van der Waals surface area contributed by atoms with Crippen LogP contribution in [0.15, 0.2) is 34.8 Å². The second-order valence-electron chi connectivity index (χ2n) is 3.98. The molecule has 0 N–H and O–H groups in total. The van der Waals surface area contributed by atoms with Crippen LogP contribution >= 0.6 is 38.9 Å². The average Bonchev–Trinajstić information content (AvgIpc) is 2.75. The summed E-state index contributed by atoms with van der Waals surface area (Å²) in [6.45, 7) is 2.12. The van der Waals surface area contributed by atoms with Gasteiger partial charge in [-0.25, -0.2) is 0 Å². The van der Waals surface area contributed by atoms with E-state index in [1.54, 1.807) is 23.5 Å². The zero-order valence-corrected chi connectivity index (χ0v) is 13.0. The number of ketones is 1. The number of halogens is 2. The topological polar surface area (TPSA) is 17.1 Å². The van der Waals surface area contributed by atoms with Crippen molar-refractivity contribution in [2.75, 3.05) is 0 Å². The molecule has 4 heteroatoms. The van der Waals surface area contributed by atoms with E-state index in [9.17, 15) is 4.79 Å². The van der Waals surface area contributed by atoms with Crippen LogP contribution in [0.5, 0.6) is 0 Å². The third-order valence-corrected chi connectivity index (χ3v) is 4.49. The largest absolute Gasteiger partial charge is 0.294 e. The average molecular weight is 344 g/mol. The second-order valence-corrected chi connectivity index (χ2v) is 6.58. The van der Waals surface area contributed by atoms with Gasteiger partial charge in [0.25, 0.3) is 0 Å². The molecular weight excluding hydrogens is 332 g/mol. The van der Waals surface area contributed by atoms with Crippen LogP contribution < -0.4 is 0 Å². The first-order chi connectivity index (χ1) is 8.58. The molecule has 0 radical (unpaired) electrons. The quantitative estimate of drug-likeness (QED) is 0.701. The molecule has 0 aliphatic carbocycles. The van der Waals surface area contributed by atoms with Crippen LogP contribution in [-0.4, -0.2) is 5.78 Å². The third kappa shape index (κ3) is 3.44. The standard InChI is InChI=1S/C14H12BrClOS/c1-2-12-3-4-13(18-12)8-14(17)9-5-10(15)7-11(16)6-9/h3-7H,2,8H2,1H3. The predicted molar refractivity (Wildman–Crippen MR) is 80.9 cm³/mol. The SMILES string of the molecule is CCc1ccc(CC(=O)c2cc(Cl)cc(Br)c2)s1. The molecule has 1 heterocycles. The van der Waals surface area contributed by atoms with Crippen molar-refractivity contribution in [2.24, 2.45) is 0 Å². The van der Waals surface area contributed by atoms with Crippen LogP contribution in [0.2, 0.25) is 5.02 Å². The van der Waals surface area contributed by atoms with Gasteiger partial charge in [0, 0.05) is 31.2 Å². The third-order valence-electron chi connectivity index (χ3n) is 2.59. The molecule has 2 rings (SSSR count). The Hall–Kier alpha value is -0.640. The van der Waals surface area contributed by atoms with E-state index < -0.39 is 0 Å². The fraction of sp³-hybridized carbons (Fsp3) is 0.214. The number of aryl methyl sites for hydroxylation is 1. The van der Waals surface area contributed by atoms with Gasteiger partial charge >= 0.3 is 0 Å². The maximum atomic E-state index is 12.1. The smallest absolute Gasteiger partial charge is 0.168 e. The molecule has 0 aliphatic heterocycles. The zero-order valence-electron chi connectivity index (χ0n) is 9.87. The van der Waals surface area contributed by atoms with Gasteiger partial charge in [0.1, 0.15) is 0 Å². The van der Waals surface area contributed by atoms with E-state index in [2.05, 4.69) is 28.9 Å². The van der Waals surface area contributed by atoms with E-state index >= 15 is 0 Å². The highest BCUT2D eigenvalue weighted by Crippen LogP contribution is 2.23. The first-order valence-corrected chi connectivity index (χ1v) is 7.64. The van der Waals surface area contributed by atoms with Crippen LogP contribution in [0.3, 0.4) is 0 Å². The zero-order chi connectivity index (χ0) is 13.1. The molecule has 0 saturated carbocycles. The fourth-order valence-electron chi connectivity index (χ4n) is 1.68. The van der Waals surface area contributed by atoms with Gasteiger partial charge in [0.2, 0.25) is 0 Å². The number of benzene rings is 1. The summed E-state index contributed by atoms with van der Waals surface area (Å²) in [4.78, 5) is 14.6. The minimum atomic E-state index is 0.0997. The number of hydrogen-bond acceptors (Lipinski definition) is 2. The minimum absolute atomic E-state index is 0.0997. The Bertz CT molecular complexity index is 557. The monoisotopic (exact) mass is 342 g/mol. The van der Waals surface area contributed by atoms with Gasteiger partial charge in [-0.1, -0.05) is 34.5 Å². The van der Waals surface area contributed by atoms with Gasteiger partial charge in [-0.2, -0.15) is 0 Å². The van der Waals surface area contributed by atoms with Gasteiger partial charge in [0.05, 0.1) is 0 Å². The molecule has 0 atom stereocenters. The van der Waals surface area contributed by atoms with Crippen LogP contribution in [0, 0.1) is 0 Å². The van der Waals surface area contributed by atoms with Gasteiger partial charge in [-0.3, -0.25) is 4.79 Å². The summed E-state index contributed by atoms with van der Waals surface area (Å²) in [5.41, 5.74) is 0.654. The molecule has 1 aromatic carbocycles. The van der Waals surface area contributed by atoms with Crippen molar-refractivity contribution in [3.8, 4) is 0 Å². The lowest BCUT2D eigenvalue weighted by Crippen LogP contribution is -2.02. The molecule has 0 aliphatic rings. The highest BCUT2D eigenvalue weighted by molar-refractivity contribution is 9.10. The Morgan fingerprint density at radius 1 is 1.28 bits per heavy atom. The molecule has 0 fully saturated rings. The predicted octanol–water partition coefficient (Wildman–Crippen LogP) is 5.15. The Morgan fingerprint density at radius 3 is 2.61 bits per heavy atom. The maximum Gasteiger partial charge on any atom is 0.168 e. The molecule has 0 saturated heterocycles. The van der Waals surface area contributed by atoms with Crippen LogP contribution in [-0.2, 0) is 12.8 Å². The highest BCUT2D eigenvalue weighted by Gasteiger charge is 2.10. The summed E-state index contributed by atoms with van der Waals surface area (Å²) in [5.74, 6) is 0.0997. The molecule has 0 spiro atoms. The molecule has 0 unspecified atom stereocenters. The first-order valence-electron chi connectivity index (χ1n) is 5.65. The Labute approximate surface area is 124 Å². The van der Waals surface area contributed by atoms with Gasteiger partial charge in [0.15, 0.2) is 5.78 Å². The Kier molecular flexibility index (Phi) is 4.60. The van der Waals surface area contributed by atoms with Gasteiger partial charge in [-0.15, -0.1) is 11.3 Å². The van der Waals surface area contributed by atoms with E-state index in [1.807, 2.05) is 12.1 Å². The molecule has 0 bridgehead atoms. The molecule has 0 amide bonds. The number of carbonyl (C=O) groups excluding carboxylic acids is 1. The lowest BCUT2D eigenvalue weighted by molar-refractivity contribution is 0.0994. The first kappa shape index (κ1) is 13.8. The normalized spacial score (nSPS) is 10.6. The Morgan fingerprint density at radius 2 is 2.00 bits per heavy atom. The van der Waals surface area contributed by atoms with Crippen molar-refractivity contribution in [2.45, 2.75) is 19.8 Å². The summed E-state index contributed by atoms with van der Waals surface area (Å²) in [7, 11) is 0. The second kappa shape index (κ2) is 6.00. The summed E-state index contributed by atoms with van der Waals surface area (Å²) in [5, 5.41) is 0.577. The van der Waals surface area contributed by atoms with Crippen LogP contribution in [0.25, 0.3) is 0 Å². The van der Waals surface area contributed by atoms with E-state index in [4.69, 9.17) is 11.6 Å². The van der Waals surface area contributed by atoms with Gasteiger partial charge in [-0.05, 0) is 36.8 Å². The highest BCUT2D eigenvalue weighted by atomic mass is 79.9. The van der Waals surface area contributed by atoms with E-state index in [0.29, 0.717) is 17.0 Å². The number of thiophene rings is 1. The van der Waals surface area contributed by atoms with E-state index in [0.717, 1.165) is 15.8 Å². The van der Waals surface area contributed by atoms with Crippen molar-refractivity contribution in [1.82, 2.24) is 0 Å². The number of hydrogen-bond donors (Lipinski definition) is 0. The van der Waals surface area contributed by atoms with Crippen molar-refractivity contribution in [3.05, 3.63) is 55.1 Å². The summed E-state index contributed by atoms with van der Waals surface area (Å²) >= 11 is 11.0. The lowest BCUT2D eigenvalue weighted by Gasteiger charge is -2.01. The van der Waals surface area contributed by atoms with Crippen LogP contribution in [0.4, 0.5) is 0 Å². The number of carbonyl (C=O) groups is 1. The van der Waals surface area contributed by atoms with Crippen molar-refractivity contribution in [1.29, 1.82) is 0 Å². The van der Waals surface area contributed by atoms with Crippen molar-refractivity contribution >= 4 is 44.7 Å². The number of Topliss-reactive ketones (excluding diaryl/α,β-unsaturated/α-hetero) is 1. The fourth-order valence-corrected chi connectivity index (χ4v) is 3.50. The van der Waals surface area contributed by atoms with E-state index in [-0.39, 0.29) is 5.78 Å². The van der Waals surface area contributed by atoms with Crippen molar-refractivity contribution < 1.29 is 4.79 Å². The maximum absolute atomic E-state index is 12.1. The van der Waals surface area contributed by atoms with Crippen molar-refractivity contribution in [3.63, 3.8) is 0 Å². The molecule has 1 aromatic heterocycles. The molecule has 1 nitrogen and oxygen atoms in total. The summed E-state index contributed by atoms with van der Waals surface area (Å²) < 4.78 is 0.832. The minimum Gasteiger partial charge on any atom is -0.294 e. The molecule has 18 heavy (non-hydrogen) atoms. The van der Waals surface area contributed by atoms with Gasteiger partial charge < -0.3 is 0 Å². The molecule has 2 aromatic rings. The van der Waals surface area contributed by atoms with E-state index in [1.165, 1.54) is 4.88 Å². The number of rotatable bonds is 4. The summed E-state index contributed by atoms with van der Waals surface area (Å²) in [6, 6.07) is 9.41. The lowest BCUT2D eigenvalue weighted by atomic mass is 10.1. The Balaban J connectivity index is 2.16. The summed E-state index contributed by atoms with van der Waals surface area (Å²) in [6.07, 6.45) is 1.46. The molecule has 94 valence electrons. The van der Waals surface area contributed by atoms with Crippen LogP contribution in [0.1, 0.15) is 27.0 Å². The molecular formula is C14H12BrClOS.